The van der Waals surface area contributed by atoms with Gasteiger partial charge >= 0.3 is 0 Å². The van der Waals surface area contributed by atoms with E-state index in [0.717, 1.165) is 42.7 Å². The van der Waals surface area contributed by atoms with Gasteiger partial charge in [0, 0.05) is 35.4 Å². The molecular formula is C14H17N5O. The van der Waals surface area contributed by atoms with Crippen LogP contribution in [-0.2, 0) is 4.79 Å². The van der Waals surface area contributed by atoms with Crippen LogP contribution in [-0.4, -0.2) is 33.9 Å². The predicted molar refractivity (Wildman–Crippen MR) is 73.9 cm³/mol. The van der Waals surface area contributed by atoms with Gasteiger partial charge in [0.1, 0.15) is 12.0 Å². The van der Waals surface area contributed by atoms with Crippen molar-refractivity contribution in [3.05, 3.63) is 24.3 Å². The summed E-state index contributed by atoms with van der Waals surface area (Å²) in [5, 5.41) is 4.46. The molecule has 4 rings (SSSR count). The molecule has 104 valence electrons. The lowest BCUT2D eigenvalue weighted by Gasteiger charge is -2.31. The van der Waals surface area contributed by atoms with Crippen molar-refractivity contribution in [2.45, 2.75) is 18.8 Å². The van der Waals surface area contributed by atoms with E-state index in [0.29, 0.717) is 5.92 Å². The van der Waals surface area contributed by atoms with Crippen molar-refractivity contribution >= 4 is 16.9 Å². The Morgan fingerprint density at radius 3 is 3.20 bits per heavy atom. The molecule has 2 aliphatic rings. The Kier molecular flexibility index (Phi) is 2.38. The third-order valence-electron chi connectivity index (χ3n) is 4.93. The van der Waals surface area contributed by atoms with Crippen LogP contribution >= 0.6 is 0 Å². The van der Waals surface area contributed by atoms with E-state index in [4.69, 9.17) is 5.73 Å². The van der Waals surface area contributed by atoms with Gasteiger partial charge in [-0.15, -0.1) is 0 Å². The maximum absolute atomic E-state index is 11.8. The molecule has 20 heavy (non-hydrogen) atoms. The monoisotopic (exact) mass is 271 g/mol. The summed E-state index contributed by atoms with van der Waals surface area (Å²) in [6.45, 7) is 1.71. The Bertz CT molecular complexity index is 681. The van der Waals surface area contributed by atoms with Crippen molar-refractivity contribution in [1.82, 2.24) is 20.3 Å². The number of hydrogen-bond donors (Lipinski definition) is 3. The van der Waals surface area contributed by atoms with E-state index in [-0.39, 0.29) is 17.2 Å². The molecule has 1 aliphatic carbocycles. The Morgan fingerprint density at radius 2 is 2.35 bits per heavy atom. The van der Waals surface area contributed by atoms with Crippen LogP contribution < -0.4 is 11.1 Å². The second kappa shape index (κ2) is 4.02. The third kappa shape index (κ3) is 1.51. The van der Waals surface area contributed by atoms with Crippen LogP contribution in [0.4, 0.5) is 0 Å². The zero-order valence-corrected chi connectivity index (χ0v) is 11.1. The number of nitrogens with zero attached hydrogens (tertiary/aromatic N) is 2. The molecule has 6 nitrogen and oxygen atoms in total. The molecule has 0 radical (unpaired) electrons. The average molecular weight is 271 g/mol. The molecule has 1 amide bonds. The molecule has 6 heteroatoms. The highest BCUT2D eigenvalue weighted by Crippen LogP contribution is 2.65. The number of carbonyl (C=O) groups excluding carboxylic acids is 1. The van der Waals surface area contributed by atoms with E-state index < -0.39 is 0 Å². The van der Waals surface area contributed by atoms with Gasteiger partial charge in [-0.25, -0.2) is 9.97 Å². The highest BCUT2D eigenvalue weighted by Gasteiger charge is 2.62. The molecular weight excluding hydrogens is 254 g/mol. The highest BCUT2D eigenvalue weighted by molar-refractivity contribution is 5.81. The standard InChI is InChI=1S/C14H17N5O/c15-12(20)9-2-3-16-6-14(9)5-10(14)11-8-1-4-17-13(8)19-7-18-11/h1,4,7,9-10,16H,2-3,5-6H2,(H2,15,20)(H,17,18,19). The smallest absolute Gasteiger partial charge is 0.221 e. The minimum atomic E-state index is -0.173. The highest BCUT2D eigenvalue weighted by atomic mass is 16.1. The lowest BCUT2D eigenvalue weighted by atomic mass is 9.80. The van der Waals surface area contributed by atoms with Gasteiger partial charge in [-0.05, 0) is 25.5 Å². The maximum atomic E-state index is 11.8. The SMILES string of the molecule is NC(=O)C1CCNCC12CC2c1ncnc2[nH]ccc12. The summed E-state index contributed by atoms with van der Waals surface area (Å²) in [5.74, 6) is 0.0835. The van der Waals surface area contributed by atoms with Crippen LogP contribution in [0.2, 0.25) is 0 Å². The molecule has 4 N–H and O–H groups in total. The number of carbonyl (C=O) groups is 1. The summed E-state index contributed by atoms with van der Waals surface area (Å²) in [6.07, 6.45) is 5.27. The summed E-state index contributed by atoms with van der Waals surface area (Å²) in [7, 11) is 0. The molecule has 2 aromatic rings. The van der Waals surface area contributed by atoms with Crippen molar-refractivity contribution in [2.24, 2.45) is 17.1 Å². The van der Waals surface area contributed by atoms with Crippen LogP contribution in [0.5, 0.6) is 0 Å². The molecule has 0 aromatic carbocycles. The van der Waals surface area contributed by atoms with Crippen LogP contribution in [0, 0.1) is 11.3 Å². The Balaban J connectivity index is 1.74. The predicted octanol–water partition coefficient (Wildman–Crippen LogP) is 0.526. The maximum Gasteiger partial charge on any atom is 0.221 e. The minimum absolute atomic E-state index is 0.0391. The number of hydrogen-bond acceptors (Lipinski definition) is 4. The first-order valence-corrected chi connectivity index (χ1v) is 7.00. The fraction of sp³-hybridized carbons (Fsp3) is 0.500. The number of aromatic nitrogens is 3. The lowest BCUT2D eigenvalue weighted by Crippen LogP contribution is -2.45. The van der Waals surface area contributed by atoms with Crippen molar-refractivity contribution < 1.29 is 4.79 Å². The van der Waals surface area contributed by atoms with Gasteiger partial charge in [0.25, 0.3) is 0 Å². The second-order valence-corrected chi connectivity index (χ2v) is 5.91. The fourth-order valence-corrected chi connectivity index (χ4v) is 3.84. The van der Waals surface area contributed by atoms with Crippen molar-refractivity contribution in [3.8, 4) is 0 Å². The number of fused-ring (bicyclic) bond motifs is 1. The van der Waals surface area contributed by atoms with Crippen LogP contribution in [0.3, 0.4) is 0 Å². The summed E-state index contributed by atoms with van der Waals surface area (Å²) in [4.78, 5) is 23.6. The van der Waals surface area contributed by atoms with Gasteiger partial charge in [0.2, 0.25) is 5.91 Å². The number of nitrogens with one attached hydrogen (secondary N) is 2. The van der Waals surface area contributed by atoms with Crippen molar-refractivity contribution in [3.63, 3.8) is 0 Å². The summed E-state index contributed by atoms with van der Waals surface area (Å²) >= 11 is 0. The van der Waals surface area contributed by atoms with E-state index in [9.17, 15) is 4.79 Å². The number of primary amides is 1. The molecule has 1 saturated heterocycles. The molecule has 2 aromatic heterocycles. The first-order valence-electron chi connectivity index (χ1n) is 7.00. The fourth-order valence-electron chi connectivity index (χ4n) is 3.84. The molecule has 0 bridgehead atoms. The first-order chi connectivity index (χ1) is 9.72. The summed E-state index contributed by atoms with van der Waals surface area (Å²) in [5.41, 5.74) is 7.48. The minimum Gasteiger partial charge on any atom is -0.369 e. The number of nitrogens with two attached hydrogens (primary N) is 1. The topological polar surface area (TPSA) is 96.7 Å². The zero-order valence-electron chi connectivity index (χ0n) is 11.1. The zero-order chi connectivity index (χ0) is 13.7. The van der Waals surface area contributed by atoms with E-state index >= 15 is 0 Å². The second-order valence-electron chi connectivity index (χ2n) is 5.91. The van der Waals surface area contributed by atoms with E-state index in [1.165, 1.54) is 0 Å². The van der Waals surface area contributed by atoms with Crippen LogP contribution in [0.25, 0.3) is 11.0 Å². The quantitative estimate of drug-likeness (QED) is 0.742. The van der Waals surface area contributed by atoms with Gasteiger partial charge in [-0.2, -0.15) is 0 Å². The number of amides is 1. The van der Waals surface area contributed by atoms with E-state index in [2.05, 4.69) is 20.3 Å². The molecule has 1 aliphatic heterocycles. The van der Waals surface area contributed by atoms with Crippen LogP contribution in [0.15, 0.2) is 18.6 Å². The van der Waals surface area contributed by atoms with Gasteiger partial charge in [0.05, 0.1) is 5.69 Å². The van der Waals surface area contributed by atoms with Gasteiger partial charge in [0.15, 0.2) is 0 Å². The Morgan fingerprint density at radius 1 is 1.45 bits per heavy atom. The molecule has 1 saturated carbocycles. The van der Waals surface area contributed by atoms with Gasteiger partial charge in [-0.1, -0.05) is 0 Å². The summed E-state index contributed by atoms with van der Waals surface area (Å²) in [6, 6.07) is 2.01. The van der Waals surface area contributed by atoms with E-state index in [1.807, 2.05) is 12.3 Å². The molecule has 3 atom stereocenters. The van der Waals surface area contributed by atoms with Gasteiger partial charge in [-0.3, -0.25) is 4.79 Å². The Labute approximate surface area is 116 Å². The van der Waals surface area contributed by atoms with Crippen molar-refractivity contribution in [2.75, 3.05) is 13.1 Å². The molecule has 3 unspecified atom stereocenters. The van der Waals surface area contributed by atoms with Crippen molar-refractivity contribution in [1.29, 1.82) is 0 Å². The largest absolute Gasteiger partial charge is 0.369 e. The molecule has 1 spiro atoms. The Hall–Kier alpha value is -1.95. The molecule has 2 fully saturated rings. The van der Waals surface area contributed by atoms with E-state index in [1.54, 1.807) is 6.33 Å². The molecule has 3 heterocycles. The number of aromatic amines is 1. The van der Waals surface area contributed by atoms with Crippen LogP contribution in [0.1, 0.15) is 24.5 Å². The number of H-pyrrole nitrogens is 1. The lowest BCUT2D eigenvalue weighted by molar-refractivity contribution is -0.124. The third-order valence-corrected chi connectivity index (χ3v) is 4.93. The first kappa shape index (κ1) is 11.8. The number of piperidine rings is 1. The van der Waals surface area contributed by atoms with Gasteiger partial charge < -0.3 is 16.0 Å². The number of rotatable bonds is 2. The summed E-state index contributed by atoms with van der Waals surface area (Å²) < 4.78 is 0. The normalized spacial score (nSPS) is 32.6. The average Bonchev–Trinajstić information content (AvgIpc) is 2.94.